The van der Waals surface area contributed by atoms with E-state index in [2.05, 4.69) is 142 Å². The van der Waals surface area contributed by atoms with Crippen molar-refractivity contribution in [3.8, 4) is 33.4 Å². The molecule has 1 heteroatoms. The van der Waals surface area contributed by atoms with Crippen LogP contribution in [0.15, 0.2) is 134 Å². The number of benzene rings is 7. The molecular formula is C41H31N. The molecule has 8 aromatic rings. The van der Waals surface area contributed by atoms with Crippen molar-refractivity contribution in [2.45, 2.75) is 26.2 Å². The predicted octanol–water partition coefficient (Wildman–Crippen LogP) is 11.4. The van der Waals surface area contributed by atoms with Crippen molar-refractivity contribution in [1.29, 1.82) is 0 Å². The highest BCUT2D eigenvalue weighted by molar-refractivity contribution is 6.28. The first-order chi connectivity index (χ1) is 20.4. The van der Waals surface area contributed by atoms with E-state index in [1.165, 1.54) is 65.7 Å². The van der Waals surface area contributed by atoms with E-state index >= 15 is 0 Å². The topological polar surface area (TPSA) is 12.9 Å². The van der Waals surface area contributed by atoms with Crippen LogP contribution in [0.2, 0.25) is 0 Å². The Balaban J connectivity index is 1.36. The number of fused-ring (bicyclic) bond motifs is 1. The highest BCUT2D eigenvalue weighted by Gasteiger charge is 2.20. The summed E-state index contributed by atoms with van der Waals surface area (Å²) in [6, 6.07) is 46.8. The molecule has 0 radical (unpaired) electrons. The Labute approximate surface area is 246 Å². The van der Waals surface area contributed by atoms with E-state index < -0.39 is 0 Å². The van der Waals surface area contributed by atoms with Gasteiger partial charge in [0, 0.05) is 17.1 Å². The van der Waals surface area contributed by atoms with Crippen LogP contribution in [0.5, 0.6) is 0 Å². The maximum absolute atomic E-state index is 4.69. The second-order valence-electron chi connectivity index (χ2n) is 12.5. The first kappa shape index (κ1) is 24.8. The summed E-state index contributed by atoms with van der Waals surface area (Å²) < 4.78 is 0. The third kappa shape index (κ3) is 3.96. The van der Waals surface area contributed by atoms with E-state index in [1.807, 2.05) is 12.3 Å². The lowest BCUT2D eigenvalue weighted by atomic mass is 9.81. The third-order valence-electron chi connectivity index (χ3n) is 8.79. The largest absolute Gasteiger partial charge is 0.256 e. The van der Waals surface area contributed by atoms with Gasteiger partial charge in [0.15, 0.2) is 0 Å². The van der Waals surface area contributed by atoms with Gasteiger partial charge in [-0.25, -0.2) is 0 Å². The minimum absolute atomic E-state index is 0.0904. The van der Waals surface area contributed by atoms with Gasteiger partial charge < -0.3 is 0 Å². The molecule has 1 aromatic heterocycles. The summed E-state index contributed by atoms with van der Waals surface area (Å²) >= 11 is 0. The van der Waals surface area contributed by atoms with E-state index in [1.54, 1.807) is 0 Å². The van der Waals surface area contributed by atoms with Crippen LogP contribution in [0.4, 0.5) is 0 Å². The lowest BCUT2D eigenvalue weighted by Crippen LogP contribution is -2.10. The van der Waals surface area contributed by atoms with Crippen molar-refractivity contribution in [1.82, 2.24) is 4.98 Å². The number of hydrogen-bond acceptors (Lipinski definition) is 1. The quantitative estimate of drug-likeness (QED) is 0.204. The van der Waals surface area contributed by atoms with Crippen LogP contribution in [0.25, 0.3) is 76.6 Å². The summed E-state index contributed by atoms with van der Waals surface area (Å²) in [5.74, 6) is 0. The SMILES string of the molecule is CC(C)(C)c1cc2ccc3c(-c4ccccc4)cc(-c4ccc(-c5cnc6ccccc6c5)cc4)c4ccc(c1)c2c34. The summed E-state index contributed by atoms with van der Waals surface area (Å²) in [4.78, 5) is 4.69. The summed E-state index contributed by atoms with van der Waals surface area (Å²) in [6.45, 7) is 6.88. The molecule has 8 rings (SSSR count). The maximum atomic E-state index is 4.69. The zero-order valence-electron chi connectivity index (χ0n) is 24.1. The van der Waals surface area contributed by atoms with Crippen LogP contribution in [0.3, 0.4) is 0 Å². The fourth-order valence-corrected chi connectivity index (χ4v) is 6.51. The van der Waals surface area contributed by atoms with Gasteiger partial charge >= 0.3 is 0 Å². The van der Waals surface area contributed by atoms with Crippen molar-refractivity contribution in [3.63, 3.8) is 0 Å². The second kappa shape index (κ2) is 9.26. The van der Waals surface area contributed by atoms with Gasteiger partial charge in [-0.05, 0) is 89.3 Å². The van der Waals surface area contributed by atoms with Gasteiger partial charge in [0.1, 0.15) is 0 Å². The number of nitrogens with zero attached hydrogens (tertiary/aromatic N) is 1. The molecule has 0 saturated carbocycles. The zero-order chi connectivity index (χ0) is 28.4. The average molecular weight is 538 g/mol. The van der Waals surface area contributed by atoms with E-state index in [4.69, 9.17) is 4.98 Å². The standard InChI is InChI=1S/C41H31N/c1-41(2,3)33-22-30-17-19-34-36(27-9-5-4-6-10-27)24-37(35-20-18-31(23-33)39(30)40(34)35)28-15-13-26(14-16-28)32-21-29-11-7-8-12-38(29)42-25-32/h4-25H,1-3H3. The summed E-state index contributed by atoms with van der Waals surface area (Å²) in [5, 5.41) is 9.09. The Morgan fingerprint density at radius 3 is 1.71 bits per heavy atom. The van der Waals surface area contributed by atoms with Gasteiger partial charge in [0.25, 0.3) is 0 Å². The molecule has 0 amide bonds. The van der Waals surface area contributed by atoms with E-state index in [0.29, 0.717) is 0 Å². The maximum Gasteiger partial charge on any atom is 0.0702 e. The van der Waals surface area contributed by atoms with Crippen molar-refractivity contribution in [3.05, 3.63) is 139 Å². The molecule has 0 unspecified atom stereocenters. The number of para-hydroxylation sites is 1. The summed E-state index contributed by atoms with van der Waals surface area (Å²) in [5.41, 5.74) is 9.79. The Morgan fingerprint density at radius 2 is 1.05 bits per heavy atom. The lowest BCUT2D eigenvalue weighted by molar-refractivity contribution is 0.591. The predicted molar refractivity (Wildman–Crippen MR) is 180 cm³/mol. The van der Waals surface area contributed by atoms with Crippen molar-refractivity contribution < 1.29 is 0 Å². The normalized spacial score (nSPS) is 12.2. The molecular weight excluding hydrogens is 506 g/mol. The molecule has 0 atom stereocenters. The van der Waals surface area contributed by atoms with E-state index in [-0.39, 0.29) is 5.41 Å². The fourth-order valence-electron chi connectivity index (χ4n) is 6.51. The van der Waals surface area contributed by atoms with Crippen LogP contribution in [0.1, 0.15) is 26.3 Å². The van der Waals surface area contributed by atoms with Crippen LogP contribution < -0.4 is 0 Å². The minimum Gasteiger partial charge on any atom is -0.256 e. The number of hydrogen-bond donors (Lipinski definition) is 0. The smallest absolute Gasteiger partial charge is 0.0702 e. The highest BCUT2D eigenvalue weighted by atomic mass is 14.6. The minimum atomic E-state index is 0.0904. The van der Waals surface area contributed by atoms with E-state index in [9.17, 15) is 0 Å². The van der Waals surface area contributed by atoms with Gasteiger partial charge in [-0.3, -0.25) is 4.98 Å². The van der Waals surface area contributed by atoms with Crippen LogP contribution in [0, 0.1) is 0 Å². The number of aromatic nitrogens is 1. The second-order valence-corrected chi connectivity index (χ2v) is 12.5. The Hall–Kier alpha value is -5.01. The van der Waals surface area contributed by atoms with Gasteiger partial charge in [0.2, 0.25) is 0 Å². The van der Waals surface area contributed by atoms with Gasteiger partial charge in [-0.2, -0.15) is 0 Å². The molecule has 0 spiro atoms. The zero-order valence-corrected chi connectivity index (χ0v) is 24.1. The highest BCUT2D eigenvalue weighted by Crippen LogP contribution is 2.45. The van der Waals surface area contributed by atoms with Gasteiger partial charge in [-0.15, -0.1) is 0 Å². The van der Waals surface area contributed by atoms with Crippen LogP contribution in [-0.2, 0) is 5.41 Å². The Kier molecular flexibility index (Phi) is 5.46. The molecule has 0 aliphatic rings. The summed E-state index contributed by atoms with van der Waals surface area (Å²) in [7, 11) is 0. The molecule has 0 bridgehead atoms. The molecule has 200 valence electrons. The lowest BCUT2D eigenvalue weighted by Gasteiger charge is -2.23. The molecule has 42 heavy (non-hydrogen) atoms. The van der Waals surface area contributed by atoms with Crippen LogP contribution in [-0.4, -0.2) is 4.98 Å². The first-order valence-corrected chi connectivity index (χ1v) is 14.7. The fraction of sp³-hybridized carbons (Fsp3) is 0.0976. The number of pyridine rings is 1. The molecule has 0 aliphatic heterocycles. The van der Waals surface area contributed by atoms with E-state index in [0.717, 1.165) is 16.5 Å². The monoisotopic (exact) mass is 537 g/mol. The van der Waals surface area contributed by atoms with Gasteiger partial charge in [-0.1, -0.05) is 130 Å². The molecule has 7 aromatic carbocycles. The van der Waals surface area contributed by atoms with Crippen LogP contribution >= 0.6 is 0 Å². The van der Waals surface area contributed by atoms with Crippen molar-refractivity contribution >= 4 is 43.2 Å². The molecule has 1 heterocycles. The molecule has 0 saturated heterocycles. The Morgan fingerprint density at radius 1 is 0.452 bits per heavy atom. The summed E-state index contributed by atoms with van der Waals surface area (Å²) in [6.07, 6.45) is 1.98. The van der Waals surface area contributed by atoms with Crippen molar-refractivity contribution in [2.24, 2.45) is 0 Å². The molecule has 1 nitrogen and oxygen atoms in total. The Bertz CT molecular complexity index is 2230. The number of rotatable bonds is 3. The first-order valence-electron chi connectivity index (χ1n) is 14.7. The van der Waals surface area contributed by atoms with Gasteiger partial charge in [0.05, 0.1) is 5.52 Å². The van der Waals surface area contributed by atoms with Crippen molar-refractivity contribution in [2.75, 3.05) is 0 Å². The molecule has 0 fully saturated rings. The molecule has 0 N–H and O–H groups in total. The molecule has 0 aliphatic carbocycles. The third-order valence-corrected chi connectivity index (χ3v) is 8.79. The average Bonchev–Trinajstić information content (AvgIpc) is 3.03.